The molecule has 0 unspecified atom stereocenters. The maximum atomic E-state index is 12.7. The van der Waals surface area contributed by atoms with E-state index in [9.17, 15) is 9.90 Å². The SMILES string of the molecule is [O]c1cccc(COC(=O)N(c2ccccc2)c2ccccc2)c1Br. The lowest BCUT2D eigenvalue weighted by molar-refractivity contribution is 0.149. The Kier molecular flexibility index (Phi) is 5.36. The minimum Gasteiger partial charge on any atom is -0.444 e. The first kappa shape index (κ1) is 17.0. The fourth-order valence-electron chi connectivity index (χ4n) is 2.39. The van der Waals surface area contributed by atoms with Crippen LogP contribution in [0.4, 0.5) is 16.2 Å². The maximum absolute atomic E-state index is 12.7. The van der Waals surface area contributed by atoms with E-state index in [1.807, 2.05) is 60.7 Å². The number of benzene rings is 3. The first-order valence-electron chi connectivity index (χ1n) is 7.68. The highest BCUT2D eigenvalue weighted by atomic mass is 79.9. The van der Waals surface area contributed by atoms with Crippen LogP contribution in [-0.4, -0.2) is 6.09 Å². The quantitative estimate of drug-likeness (QED) is 0.537. The third kappa shape index (κ3) is 4.00. The van der Waals surface area contributed by atoms with Crippen molar-refractivity contribution >= 4 is 33.4 Å². The summed E-state index contributed by atoms with van der Waals surface area (Å²) in [5.74, 6) is -0.142. The van der Waals surface area contributed by atoms with Crippen molar-refractivity contribution in [1.29, 1.82) is 0 Å². The molecule has 3 aromatic rings. The average Bonchev–Trinajstić information content (AvgIpc) is 2.65. The van der Waals surface area contributed by atoms with Gasteiger partial charge in [-0.1, -0.05) is 48.5 Å². The van der Waals surface area contributed by atoms with Gasteiger partial charge in [0.2, 0.25) is 0 Å². The molecule has 3 aromatic carbocycles. The van der Waals surface area contributed by atoms with Gasteiger partial charge in [0.15, 0.2) is 5.75 Å². The highest BCUT2D eigenvalue weighted by molar-refractivity contribution is 9.10. The third-order valence-electron chi connectivity index (χ3n) is 3.61. The topological polar surface area (TPSA) is 49.4 Å². The molecule has 0 bridgehead atoms. The van der Waals surface area contributed by atoms with Crippen molar-refractivity contribution in [2.75, 3.05) is 4.90 Å². The molecule has 1 amide bonds. The number of amides is 1. The average molecular weight is 397 g/mol. The Balaban J connectivity index is 1.84. The first-order chi connectivity index (χ1) is 12.2. The minimum atomic E-state index is -0.513. The van der Waals surface area contributed by atoms with E-state index in [0.29, 0.717) is 21.4 Å². The van der Waals surface area contributed by atoms with Crippen LogP contribution in [0.15, 0.2) is 83.3 Å². The summed E-state index contributed by atoms with van der Waals surface area (Å²) in [6.07, 6.45) is -0.513. The highest BCUT2D eigenvalue weighted by Gasteiger charge is 2.20. The summed E-state index contributed by atoms with van der Waals surface area (Å²) < 4.78 is 5.86. The molecule has 0 atom stereocenters. The number of ether oxygens (including phenoxy) is 1. The predicted molar refractivity (Wildman–Crippen MR) is 99.5 cm³/mol. The molecule has 125 valence electrons. The Labute approximate surface area is 154 Å². The van der Waals surface area contributed by atoms with E-state index in [2.05, 4.69) is 15.9 Å². The maximum Gasteiger partial charge on any atom is 0.419 e. The molecule has 0 spiro atoms. The number of para-hydroxylation sites is 2. The zero-order chi connectivity index (χ0) is 17.6. The molecule has 25 heavy (non-hydrogen) atoms. The zero-order valence-electron chi connectivity index (χ0n) is 13.3. The molecule has 0 aliphatic rings. The third-order valence-corrected chi connectivity index (χ3v) is 4.51. The first-order valence-corrected chi connectivity index (χ1v) is 8.47. The largest absolute Gasteiger partial charge is 0.444 e. The number of hydrogen-bond acceptors (Lipinski definition) is 2. The number of carbonyl (C=O) groups is 1. The molecule has 0 aromatic heterocycles. The van der Waals surface area contributed by atoms with Gasteiger partial charge in [-0.2, -0.15) is 0 Å². The van der Waals surface area contributed by atoms with Crippen molar-refractivity contribution in [2.45, 2.75) is 6.61 Å². The Bertz CT molecular complexity index is 814. The van der Waals surface area contributed by atoms with Crippen LogP contribution >= 0.6 is 15.9 Å². The summed E-state index contributed by atoms with van der Waals surface area (Å²) >= 11 is 3.24. The second-order valence-electron chi connectivity index (χ2n) is 5.29. The monoisotopic (exact) mass is 396 g/mol. The van der Waals surface area contributed by atoms with Crippen LogP contribution in [0.2, 0.25) is 0 Å². The van der Waals surface area contributed by atoms with Crippen molar-refractivity contribution < 1.29 is 14.6 Å². The van der Waals surface area contributed by atoms with E-state index in [4.69, 9.17) is 4.74 Å². The van der Waals surface area contributed by atoms with Crippen LogP contribution in [0.1, 0.15) is 5.56 Å². The Morgan fingerprint density at radius 2 is 1.40 bits per heavy atom. The predicted octanol–water partition coefficient (Wildman–Crippen LogP) is 6.07. The van der Waals surface area contributed by atoms with Gasteiger partial charge in [-0.3, -0.25) is 5.11 Å². The fraction of sp³-hybridized carbons (Fsp3) is 0.0500. The number of rotatable bonds is 4. The summed E-state index contributed by atoms with van der Waals surface area (Å²) in [6, 6.07) is 23.4. The molecule has 0 saturated heterocycles. The standard InChI is InChI=1S/C20H15BrNO3/c21-19-15(8-7-13-18(19)23)14-25-20(24)22(16-9-3-1-4-10-16)17-11-5-2-6-12-17/h1-13H,14H2. The van der Waals surface area contributed by atoms with Gasteiger partial charge in [-0.05, 0) is 46.3 Å². The van der Waals surface area contributed by atoms with E-state index in [-0.39, 0.29) is 12.4 Å². The molecule has 0 aliphatic carbocycles. The summed E-state index contributed by atoms with van der Waals surface area (Å²) in [6.45, 7) is 0.00562. The van der Waals surface area contributed by atoms with Crippen LogP contribution in [0.5, 0.6) is 5.75 Å². The normalized spacial score (nSPS) is 10.3. The van der Waals surface area contributed by atoms with Crippen LogP contribution in [-0.2, 0) is 16.5 Å². The molecular weight excluding hydrogens is 382 g/mol. The van der Waals surface area contributed by atoms with Crippen molar-refractivity contribution in [3.8, 4) is 5.75 Å². The Morgan fingerprint density at radius 1 is 0.840 bits per heavy atom. The van der Waals surface area contributed by atoms with Gasteiger partial charge in [0.1, 0.15) is 6.61 Å². The second-order valence-corrected chi connectivity index (χ2v) is 6.08. The number of carbonyl (C=O) groups excluding carboxylic acids is 1. The lowest BCUT2D eigenvalue weighted by Crippen LogP contribution is -2.26. The van der Waals surface area contributed by atoms with Gasteiger partial charge in [-0.15, -0.1) is 0 Å². The molecule has 4 nitrogen and oxygen atoms in total. The van der Waals surface area contributed by atoms with E-state index in [0.717, 1.165) is 0 Å². The van der Waals surface area contributed by atoms with Gasteiger partial charge in [0.05, 0.1) is 15.8 Å². The van der Waals surface area contributed by atoms with Crippen LogP contribution in [0.25, 0.3) is 0 Å². The number of nitrogens with zero attached hydrogens (tertiary/aromatic N) is 1. The number of anilines is 2. The fourth-order valence-corrected chi connectivity index (χ4v) is 2.76. The summed E-state index contributed by atoms with van der Waals surface area (Å²) in [5, 5.41) is 11.7. The molecule has 0 N–H and O–H groups in total. The van der Waals surface area contributed by atoms with Gasteiger partial charge in [0.25, 0.3) is 0 Å². The Morgan fingerprint density at radius 3 is 1.96 bits per heavy atom. The van der Waals surface area contributed by atoms with E-state index in [1.54, 1.807) is 12.1 Å². The van der Waals surface area contributed by atoms with Crippen molar-refractivity contribution in [1.82, 2.24) is 0 Å². The summed E-state index contributed by atoms with van der Waals surface area (Å²) in [7, 11) is 0. The van der Waals surface area contributed by atoms with Gasteiger partial charge in [-0.25, -0.2) is 9.69 Å². The van der Waals surface area contributed by atoms with Crippen molar-refractivity contribution in [3.63, 3.8) is 0 Å². The van der Waals surface area contributed by atoms with Crippen LogP contribution in [0.3, 0.4) is 0 Å². The summed E-state index contributed by atoms with van der Waals surface area (Å²) in [5.41, 5.74) is 2.03. The molecule has 0 heterocycles. The molecule has 1 radical (unpaired) electrons. The number of hydrogen-bond donors (Lipinski definition) is 0. The lowest BCUT2D eigenvalue weighted by Gasteiger charge is -2.22. The number of halogens is 1. The van der Waals surface area contributed by atoms with E-state index < -0.39 is 6.09 Å². The highest BCUT2D eigenvalue weighted by Crippen LogP contribution is 2.30. The Hall–Kier alpha value is -2.79. The molecule has 0 saturated carbocycles. The van der Waals surface area contributed by atoms with Gasteiger partial charge < -0.3 is 4.74 Å². The lowest BCUT2D eigenvalue weighted by atomic mass is 10.2. The second kappa shape index (κ2) is 7.85. The smallest absolute Gasteiger partial charge is 0.419 e. The molecule has 5 heteroatoms. The van der Waals surface area contributed by atoms with Crippen LogP contribution < -0.4 is 4.90 Å². The van der Waals surface area contributed by atoms with Gasteiger partial charge >= 0.3 is 6.09 Å². The van der Waals surface area contributed by atoms with E-state index >= 15 is 0 Å². The molecule has 0 aliphatic heterocycles. The van der Waals surface area contributed by atoms with Crippen LogP contribution in [0, 0.1) is 0 Å². The van der Waals surface area contributed by atoms with Crippen molar-refractivity contribution in [2.24, 2.45) is 0 Å². The summed E-state index contributed by atoms with van der Waals surface area (Å²) in [4.78, 5) is 14.2. The molecule has 3 rings (SSSR count). The van der Waals surface area contributed by atoms with E-state index in [1.165, 1.54) is 11.0 Å². The zero-order valence-corrected chi connectivity index (χ0v) is 14.8. The molecule has 0 fully saturated rings. The van der Waals surface area contributed by atoms with Crippen molar-refractivity contribution in [3.05, 3.63) is 88.9 Å². The molecular formula is C20H15BrNO3. The van der Waals surface area contributed by atoms with Gasteiger partial charge in [0, 0.05) is 5.56 Å². The minimum absolute atomic E-state index is 0.00562.